The zero-order valence-corrected chi connectivity index (χ0v) is 7.46. The van der Waals surface area contributed by atoms with E-state index < -0.39 is 0 Å². The van der Waals surface area contributed by atoms with E-state index in [-0.39, 0.29) is 11.9 Å². The Kier molecular flexibility index (Phi) is 5.75. The Labute approximate surface area is 68.2 Å². The summed E-state index contributed by atoms with van der Waals surface area (Å²) in [4.78, 5) is 10.7. The molecule has 0 saturated heterocycles. The molecule has 2 nitrogen and oxygen atoms in total. The molecule has 64 valence electrons. The van der Waals surface area contributed by atoms with E-state index >= 15 is 0 Å². The molecule has 0 fully saturated rings. The van der Waals surface area contributed by atoms with Crippen molar-refractivity contribution in [1.82, 2.24) is 0 Å². The summed E-state index contributed by atoms with van der Waals surface area (Å²) in [6.45, 7) is 6.08. The maximum atomic E-state index is 10.7. The third-order valence-corrected chi connectivity index (χ3v) is 1.28. The first-order valence-corrected chi connectivity index (χ1v) is 3.94. The number of Topliss-reactive ketones (excluding diaryl/α,β-unsaturated/α-hetero) is 1. The summed E-state index contributed by atoms with van der Waals surface area (Å²) in [5.41, 5.74) is 0. The second-order valence-corrected chi connectivity index (χ2v) is 2.43. The van der Waals surface area contributed by atoms with Gasteiger partial charge in [-0.2, -0.15) is 0 Å². The van der Waals surface area contributed by atoms with E-state index in [1.165, 1.54) is 0 Å². The number of ketones is 1. The molecule has 0 aromatic carbocycles. The van der Waals surface area contributed by atoms with Crippen LogP contribution in [0.2, 0.25) is 0 Å². The molecule has 0 rings (SSSR count). The fourth-order valence-electron chi connectivity index (χ4n) is 0.895. The SMILES string of the molecule is CC=CC(CC(C)=O)OCC. The van der Waals surface area contributed by atoms with Crippen molar-refractivity contribution < 1.29 is 9.53 Å². The van der Waals surface area contributed by atoms with Crippen LogP contribution in [0.4, 0.5) is 0 Å². The third-order valence-electron chi connectivity index (χ3n) is 1.28. The van der Waals surface area contributed by atoms with E-state index in [4.69, 9.17) is 4.74 Å². The van der Waals surface area contributed by atoms with Gasteiger partial charge in [-0.1, -0.05) is 12.2 Å². The van der Waals surface area contributed by atoms with Crippen LogP contribution in [0.5, 0.6) is 0 Å². The van der Waals surface area contributed by atoms with Crippen LogP contribution in [-0.4, -0.2) is 18.5 Å². The quantitative estimate of drug-likeness (QED) is 0.569. The first kappa shape index (κ1) is 10.4. The largest absolute Gasteiger partial charge is 0.374 e. The van der Waals surface area contributed by atoms with Gasteiger partial charge in [0.15, 0.2) is 0 Å². The van der Waals surface area contributed by atoms with Crippen molar-refractivity contribution in [2.24, 2.45) is 0 Å². The van der Waals surface area contributed by atoms with E-state index in [0.717, 1.165) is 0 Å². The van der Waals surface area contributed by atoms with Gasteiger partial charge in [0.2, 0.25) is 0 Å². The molecule has 0 saturated carbocycles. The zero-order valence-electron chi connectivity index (χ0n) is 7.46. The second-order valence-electron chi connectivity index (χ2n) is 2.43. The van der Waals surface area contributed by atoms with Gasteiger partial charge in [-0.25, -0.2) is 0 Å². The average molecular weight is 156 g/mol. The monoisotopic (exact) mass is 156 g/mol. The van der Waals surface area contributed by atoms with E-state index in [1.807, 2.05) is 26.0 Å². The Hall–Kier alpha value is -0.630. The molecule has 0 amide bonds. The summed E-state index contributed by atoms with van der Waals surface area (Å²) >= 11 is 0. The molecular formula is C9H16O2. The summed E-state index contributed by atoms with van der Waals surface area (Å²) in [5, 5.41) is 0. The predicted molar refractivity (Wildman–Crippen MR) is 45.5 cm³/mol. The van der Waals surface area contributed by atoms with Crippen molar-refractivity contribution in [3.8, 4) is 0 Å². The summed E-state index contributed by atoms with van der Waals surface area (Å²) in [6.07, 6.45) is 4.27. The summed E-state index contributed by atoms with van der Waals surface area (Å²) < 4.78 is 5.29. The molecule has 11 heavy (non-hydrogen) atoms. The van der Waals surface area contributed by atoms with Crippen LogP contribution in [0.1, 0.15) is 27.2 Å². The fourth-order valence-corrected chi connectivity index (χ4v) is 0.895. The summed E-state index contributed by atoms with van der Waals surface area (Å²) in [5.74, 6) is 0.168. The molecule has 0 radical (unpaired) electrons. The Morgan fingerprint density at radius 2 is 2.27 bits per heavy atom. The molecule has 0 aliphatic carbocycles. The minimum atomic E-state index is -0.0255. The molecule has 0 aliphatic heterocycles. The van der Waals surface area contributed by atoms with E-state index in [2.05, 4.69) is 0 Å². The van der Waals surface area contributed by atoms with Gasteiger partial charge in [-0.3, -0.25) is 4.79 Å². The second kappa shape index (κ2) is 6.10. The van der Waals surface area contributed by atoms with Crippen molar-refractivity contribution in [2.45, 2.75) is 33.3 Å². The highest BCUT2D eigenvalue weighted by Crippen LogP contribution is 2.01. The molecule has 0 N–H and O–H groups in total. The number of ether oxygens (including phenoxy) is 1. The van der Waals surface area contributed by atoms with Gasteiger partial charge in [0.25, 0.3) is 0 Å². The van der Waals surface area contributed by atoms with Gasteiger partial charge in [-0.15, -0.1) is 0 Å². The van der Waals surface area contributed by atoms with Gasteiger partial charge >= 0.3 is 0 Å². The number of hydrogen-bond donors (Lipinski definition) is 0. The Bertz CT molecular complexity index is 138. The lowest BCUT2D eigenvalue weighted by Gasteiger charge is -2.09. The number of allylic oxidation sites excluding steroid dienone is 1. The number of hydrogen-bond acceptors (Lipinski definition) is 2. The molecule has 2 heteroatoms. The molecule has 1 unspecified atom stereocenters. The Morgan fingerprint density at radius 1 is 1.64 bits per heavy atom. The van der Waals surface area contributed by atoms with E-state index in [9.17, 15) is 4.79 Å². The van der Waals surface area contributed by atoms with Crippen LogP contribution in [0.25, 0.3) is 0 Å². The molecule has 0 aromatic heterocycles. The minimum Gasteiger partial charge on any atom is -0.374 e. The zero-order chi connectivity index (χ0) is 8.69. The van der Waals surface area contributed by atoms with Crippen LogP contribution >= 0.6 is 0 Å². The van der Waals surface area contributed by atoms with E-state index in [1.54, 1.807) is 6.92 Å². The van der Waals surface area contributed by atoms with Gasteiger partial charge in [0.1, 0.15) is 5.78 Å². The van der Waals surface area contributed by atoms with Crippen LogP contribution in [0.3, 0.4) is 0 Å². The van der Waals surface area contributed by atoms with Crippen molar-refractivity contribution in [1.29, 1.82) is 0 Å². The highest BCUT2D eigenvalue weighted by atomic mass is 16.5. The van der Waals surface area contributed by atoms with Crippen molar-refractivity contribution in [2.75, 3.05) is 6.61 Å². The molecule has 0 aromatic rings. The third kappa shape index (κ3) is 5.80. The van der Waals surface area contributed by atoms with Crippen LogP contribution in [0.15, 0.2) is 12.2 Å². The first-order valence-electron chi connectivity index (χ1n) is 3.94. The van der Waals surface area contributed by atoms with Crippen molar-refractivity contribution in [3.05, 3.63) is 12.2 Å². The highest BCUT2D eigenvalue weighted by Gasteiger charge is 2.05. The van der Waals surface area contributed by atoms with E-state index in [0.29, 0.717) is 13.0 Å². The maximum Gasteiger partial charge on any atom is 0.132 e. The first-order chi connectivity index (χ1) is 5.20. The fraction of sp³-hybridized carbons (Fsp3) is 0.667. The lowest BCUT2D eigenvalue weighted by molar-refractivity contribution is -0.118. The lowest BCUT2D eigenvalue weighted by Crippen LogP contribution is -2.13. The number of carbonyl (C=O) groups is 1. The highest BCUT2D eigenvalue weighted by molar-refractivity contribution is 5.76. The van der Waals surface area contributed by atoms with Crippen molar-refractivity contribution >= 4 is 5.78 Å². The molecule has 0 heterocycles. The number of carbonyl (C=O) groups excluding carboxylic acids is 1. The Morgan fingerprint density at radius 3 is 2.64 bits per heavy atom. The standard InChI is InChI=1S/C9H16O2/c1-4-6-9(11-5-2)7-8(3)10/h4,6,9H,5,7H2,1-3H3. The Balaban J connectivity index is 3.78. The van der Waals surface area contributed by atoms with Crippen molar-refractivity contribution in [3.63, 3.8) is 0 Å². The number of rotatable bonds is 5. The smallest absolute Gasteiger partial charge is 0.132 e. The summed E-state index contributed by atoms with van der Waals surface area (Å²) in [6, 6.07) is 0. The maximum absolute atomic E-state index is 10.7. The average Bonchev–Trinajstić information content (AvgIpc) is 1.87. The molecular weight excluding hydrogens is 140 g/mol. The van der Waals surface area contributed by atoms with Crippen LogP contribution in [-0.2, 0) is 9.53 Å². The van der Waals surface area contributed by atoms with Gasteiger partial charge < -0.3 is 4.74 Å². The molecule has 1 atom stereocenters. The molecule has 0 aliphatic rings. The summed E-state index contributed by atoms with van der Waals surface area (Å²) in [7, 11) is 0. The molecule has 0 bridgehead atoms. The molecule has 0 spiro atoms. The normalized spacial score (nSPS) is 13.7. The van der Waals surface area contributed by atoms with Crippen LogP contribution < -0.4 is 0 Å². The lowest BCUT2D eigenvalue weighted by atomic mass is 10.2. The van der Waals surface area contributed by atoms with Gasteiger partial charge in [-0.05, 0) is 20.8 Å². The minimum absolute atomic E-state index is 0.0255. The topological polar surface area (TPSA) is 26.3 Å². The van der Waals surface area contributed by atoms with Crippen LogP contribution in [0, 0.1) is 0 Å². The van der Waals surface area contributed by atoms with Gasteiger partial charge in [0.05, 0.1) is 6.10 Å². The van der Waals surface area contributed by atoms with Gasteiger partial charge in [0, 0.05) is 13.0 Å². The predicted octanol–water partition coefficient (Wildman–Crippen LogP) is 1.95.